The second-order valence-electron chi connectivity index (χ2n) is 4.02. The van der Waals surface area contributed by atoms with Crippen LogP contribution in [-0.4, -0.2) is 31.3 Å². The average molecular weight is 306 g/mol. The van der Waals surface area contributed by atoms with Gasteiger partial charge in [-0.2, -0.15) is 0 Å². The van der Waals surface area contributed by atoms with E-state index in [4.69, 9.17) is 5.11 Å². The van der Waals surface area contributed by atoms with Gasteiger partial charge in [-0.3, -0.25) is 4.18 Å². The second-order valence-corrected chi connectivity index (χ2v) is 5.07. The minimum absolute atomic E-state index is 0. The van der Waals surface area contributed by atoms with Crippen molar-refractivity contribution >= 4 is 10.4 Å². The van der Waals surface area contributed by atoms with E-state index in [1.807, 2.05) is 0 Å². The zero-order valence-electron chi connectivity index (χ0n) is 12.6. The average Bonchev–Trinajstić information content (AvgIpc) is 2.26. The van der Waals surface area contributed by atoms with Crippen molar-refractivity contribution in [3.05, 3.63) is 0 Å². The maximum atomic E-state index is 10.1. The van der Waals surface area contributed by atoms with Gasteiger partial charge in [-0.15, -0.1) is 0 Å². The molecule has 0 aliphatic rings. The van der Waals surface area contributed by atoms with Crippen LogP contribution in [0.15, 0.2) is 0 Å². The van der Waals surface area contributed by atoms with Gasteiger partial charge in [-0.05, 0) is 13.3 Å². The Kier molecular flexibility index (Phi) is 24.6. The number of hydrogen-bond acceptors (Lipinski definition) is 5. The first-order valence-corrected chi connectivity index (χ1v) is 8.02. The van der Waals surface area contributed by atoms with Crippen molar-refractivity contribution < 1.29 is 51.8 Å². The molecule has 19 heavy (non-hydrogen) atoms. The van der Waals surface area contributed by atoms with Gasteiger partial charge in [0.1, 0.15) is 0 Å². The van der Waals surface area contributed by atoms with Crippen LogP contribution in [0, 0.1) is 0 Å². The fourth-order valence-electron chi connectivity index (χ4n) is 1.40. The van der Waals surface area contributed by atoms with Gasteiger partial charge in [0.2, 0.25) is 10.4 Å². The van der Waals surface area contributed by atoms with Crippen LogP contribution in [0.1, 0.15) is 65.2 Å². The van der Waals surface area contributed by atoms with E-state index in [0.29, 0.717) is 6.42 Å². The van der Waals surface area contributed by atoms with Gasteiger partial charge in [0.15, 0.2) is 0 Å². The Morgan fingerprint density at radius 3 is 1.68 bits per heavy atom. The first-order chi connectivity index (χ1) is 8.47. The SMILES string of the molecule is CCCCCCCCCCOS(=O)(=O)[O-].CCO.[Na+]. The zero-order chi connectivity index (χ0) is 14.3. The molecule has 0 aromatic heterocycles. The van der Waals surface area contributed by atoms with Crippen molar-refractivity contribution in [2.75, 3.05) is 13.2 Å². The minimum Gasteiger partial charge on any atom is -0.726 e. The monoisotopic (exact) mass is 306 g/mol. The first-order valence-electron chi connectivity index (χ1n) is 6.69. The molecule has 1 N–H and O–H groups in total. The summed E-state index contributed by atoms with van der Waals surface area (Å²) in [6.07, 6.45) is 8.91. The Morgan fingerprint density at radius 1 is 0.947 bits per heavy atom. The van der Waals surface area contributed by atoms with Gasteiger partial charge in [0, 0.05) is 6.61 Å². The molecule has 0 aliphatic carbocycles. The van der Waals surface area contributed by atoms with Gasteiger partial charge in [-0.1, -0.05) is 51.9 Å². The standard InChI is InChI=1S/C10H22O4S.C2H6O.Na/c1-2-3-4-5-6-7-8-9-10-14-15(11,12)13;1-2-3;/h2-10H2,1H3,(H,11,12,13);3H,2H2,1H3;/q;;+1/p-1. The smallest absolute Gasteiger partial charge is 0.726 e. The Morgan fingerprint density at radius 2 is 1.32 bits per heavy atom. The summed E-state index contributed by atoms with van der Waals surface area (Å²) >= 11 is 0. The molecule has 0 fully saturated rings. The Labute approximate surface area is 140 Å². The van der Waals surface area contributed by atoms with Gasteiger partial charge in [0.25, 0.3) is 0 Å². The van der Waals surface area contributed by atoms with Crippen molar-refractivity contribution in [3.8, 4) is 0 Å². The molecule has 0 atom stereocenters. The van der Waals surface area contributed by atoms with Crippen molar-refractivity contribution in [3.63, 3.8) is 0 Å². The predicted octanol–water partition coefficient (Wildman–Crippen LogP) is -0.393. The van der Waals surface area contributed by atoms with Gasteiger partial charge in [-0.25, -0.2) is 8.42 Å². The summed E-state index contributed by atoms with van der Waals surface area (Å²) in [5.41, 5.74) is 0. The maximum Gasteiger partial charge on any atom is 1.00 e. The molecule has 0 amide bonds. The molecule has 112 valence electrons. The summed E-state index contributed by atoms with van der Waals surface area (Å²) in [6, 6.07) is 0. The van der Waals surface area contributed by atoms with Gasteiger partial charge >= 0.3 is 29.6 Å². The number of aliphatic hydroxyl groups excluding tert-OH is 1. The van der Waals surface area contributed by atoms with Crippen LogP contribution in [0.25, 0.3) is 0 Å². The first kappa shape index (κ1) is 24.8. The van der Waals surface area contributed by atoms with Crippen molar-refractivity contribution in [1.82, 2.24) is 0 Å². The molecule has 0 rings (SSSR count). The zero-order valence-corrected chi connectivity index (χ0v) is 15.4. The third-order valence-electron chi connectivity index (χ3n) is 2.23. The van der Waals surface area contributed by atoms with Crippen molar-refractivity contribution in [1.29, 1.82) is 0 Å². The van der Waals surface area contributed by atoms with Crippen LogP contribution >= 0.6 is 0 Å². The van der Waals surface area contributed by atoms with E-state index < -0.39 is 10.4 Å². The van der Waals surface area contributed by atoms with Crippen molar-refractivity contribution in [2.45, 2.75) is 65.2 Å². The van der Waals surface area contributed by atoms with Crippen molar-refractivity contribution in [2.24, 2.45) is 0 Å². The fraction of sp³-hybridized carbons (Fsp3) is 1.00. The summed E-state index contributed by atoms with van der Waals surface area (Å²) in [4.78, 5) is 0. The molecular formula is C12H27NaO5S. The Bertz CT molecular complexity index is 245. The van der Waals surface area contributed by atoms with Gasteiger partial charge < -0.3 is 9.66 Å². The largest absolute Gasteiger partial charge is 1.00 e. The minimum atomic E-state index is -4.48. The molecule has 0 radical (unpaired) electrons. The molecule has 0 bridgehead atoms. The van der Waals surface area contributed by atoms with Crippen LogP contribution in [0.5, 0.6) is 0 Å². The topological polar surface area (TPSA) is 86.7 Å². The summed E-state index contributed by atoms with van der Waals surface area (Å²) in [5, 5.41) is 7.57. The molecule has 0 unspecified atom stereocenters. The molecular weight excluding hydrogens is 279 g/mol. The molecule has 0 saturated heterocycles. The number of hydrogen-bond donors (Lipinski definition) is 1. The normalized spacial score (nSPS) is 10.3. The van der Waals surface area contributed by atoms with Crippen LogP contribution in [0.2, 0.25) is 0 Å². The maximum absolute atomic E-state index is 10.1. The fourth-order valence-corrected chi connectivity index (χ4v) is 1.72. The molecule has 0 aliphatic heterocycles. The van der Waals surface area contributed by atoms with Crippen LogP contribution in [-0.2, 0) is 14.6 Å². The quantitative estimate of drug-likeness (QED) is 0.257. The number of aliphatic hydroxyl groups is 1. The Hall–Kier alpha value is 0.830. The van der Waals surface area contributed by atoms with E-state index in [2.05, 4.69) is 11.1 Å². The summed E-state index contributed by atoms with van der Waals surface area (Å²) in [5.74, 6) is 0. The molecule has 0 spiro atoms. The second kappa shape index (κ2) is 18.8. The van der Waals surface area contributed by atoms with E-state index in [0.717, 1.165) is 12.8 Å². The molecule has 0 aromatic carbocycles. The van der Waals surface area contributed by atoms with E-state index in [1.54, 1.807) is 6.92 Å². The van der Waals surface area contributed by atoms with Gasteiger partial charge in [0.05, 0.1) is 6.61 Å². The molecule has 7 heteroatoms. The molecule has 0 saturated carbocycles. The summed E-state index contributed by atoms with van der Waals surface area (Å²) in [7, 11) is -4.48. The molecule has 5 nitrogen and oxygen atoms in total. The van der Waals surface area contributed by atoms with E-state index in [9.17, 15) is 13.0 Å². The molecule has 0 heterocycles. The van der Waals surface area contributed by atoms with E-state index in [-0.39, 0.29) is 42.8 Å². The molecule has 0 aromatic rings. The van der Waals surface area contributed by atoms with Crippen LogP contribution < -0.4 is 29.6 Å². The van der Waals surface area contributed by atoms with E-state index in [1.165, 1.54) is 32.1 Å². The summed E-state index contributed by atoms with van der Waals surface area (Å²) < 4.78 is 34.3. The number of rotatable bonds is 10. The van der Waals surface area contributed by atoms with E-state index >= 15 is 0 Å². The third-order valence-corrected chi connectivity index (χ3v) is 2.68. The Balaban J connectivity index is -0.000000580. The third kappa shape index (κ3) is 32.4. The number of unbranched alkanes of at least 4 members (excludes halogenated alkanes) is 7. The predicted molar refractivity (Wildman–Crippen MR) is 71.0 cm³/mol. The van der Waals surface area contributed by atoms with Crippen LogP contribution in [0.4, 0.5) is 0 Å². The summed E-state index contributed by atoms with van der Waals surface area (Å²) in [6.45, 7) is 4.14. The van der Waals surface area contributed by atoms with Crippen LogP contribution in [0.3, 0.4) is 0 Å².